The Hall–Kier alpha value is -0.340. The largest absolute Gasteiger partial charge is 0.388 e. The van der Waals surface area contributed by atoms with E-state index in [2.05, 4.69) is 18.4 Å². The Morgan fingerprint density at radius 2 is 2.20 bits per heavy atom. The summed E-state index contributed by atoms with van der Waals surface area (Å²) < 4.78 is 0. The quantitative estimate of drug-likeness (QED) is 0.570. The van der Waals surface area contributed by atoms with Crippen molar-refractivity contribution in [2.24, 2.45) is 0 Å². The lowest BCUT2D eigenvalue weighted by Crippen LogP contribution is -2.62. The summed E-state index contributed by atoms with van der Waals surface area (Å²) in [5, 5.41) is 9.35. The van der Waals surface area contributed by atoms with E-state index in [1.54, 1.807) is 0 Å². The molecular weight excluding hydrogens is 126 g/mol. The number of aliphatic hydroxyl groups is 1. The van der Waals surface area contributed by atoms with Crippen LogP contribution in [-0.4, -0.2) is 34.7 Å². The smallest absolute Gasteiger partial charge is 0.0872 e. The van der Waals surface area contributed by atoms with Crippen LogP contribution < -0.4 is 0 Å². The molecule has 1 saturated heterocycles. The molecule has 1 N–H and O–H groups in total. The molecule has 1 aliphatic rings. The van der Waals surface area contributed by atoms with Crippen molar-refractivity contribution in [1.29, 1.82) is 0 Å². The van der Waals surface area contributed by atoms with E-state index in [0.29, 0.717) is 6.04 Å². The summed E-state index contributed by atoms with van der Waals surface area (Å²) in [5.41, 5.74) is -0.447. The zero-order valence-corrected chi connectivity index (χ0v) is 6.67. The van der Waals surface area contributed by atoms with Crippen molar-refractivity contribution in [2.45, 2.75) is 25.5 Å². The minimum absolute atomic E-state index is 0.403. The Bertz CT molecular complexity index is 134. The van der Waals surface area contributed by atoms with E-state index in [1.807, 2.05) is 13.0 Å². The van der Waals surface area contributed by atoms with E-state index in [9.17, 15) is 5.11 Å². The average Bonchev–Trinajstić information content (AvgIpc) is 1.81. The Morgan fingerprint density at radius 1 is 1.70 bits per heavy atom. The van der Waals surface area contributed by atoms with E-state index in [-0.39, 0.29) is 0 Å². The maximum atomic E-state index is 9.35. The number of hydrogen-bond donors (Lipinski definition) is 1. The van der Waals surface area contributed by atoms with Gasteiger partial charge in [0.15, 0.2) is 0 Å². The lowest BCUT2D eigenvalue weighted by Gasteiger charge is -2.46. The van der Waals surface area contributed by atoms with Crippen molar-refractivity contribution in [1.82, 2.24) is 4.90 Å². The monoisotopic (exact) mass is 141 g/mol. The average molecular weight is 141 g/mol. The number of likely N-dealkylation sites (tertiary alicyclic amines) is 1. The first-order chi connectivity index (χ1) is 4.55. The molecule has 1 rings (SSSR count). The topological polar surface area (TPSA) is 23.5 Å². The van der Waals surface area contributed by atoms with E-state index in [1.165, 1.54) is 0 Å². The second-order valence-electron chi connectivity index (χ2n) is 3.38. The lowest BCUT2D eigenvalue weighted by molar-refractivity contribution is -0.0918. The molecular formula is C8H15NO. The van der Waals surface area contributed by atoms with Crippen LogP contribution in [0, 0.1) is 0 Å². The molecule has 0 radical (unpaired) electrons. The van der Waals surface area contributed by atoms with Gasteiger partial charge < -0.3 is 5.11 Å². The van der Waals surface area contributed by atoms with E-state index in [0.717, 1.165) is 13.1 Å². The highest BCUT2D eigenvalue weighted by molar-refractivity contribution is 4.98. The summed E-state index contributed by atoms with van der Waals surface area (Å²) in [4.78, 5) is 2.19. The van der Waals surface area contributed by atoms with E-state index < -0.39 is 5.60 Å². The Labute approximate surface area is 62.2 Å². The van der Waals surface area contributed by atoms with Gasteiger partial charge in [-0.3, -0.25) is 4.90 Å². The second-order valence-corrected chi connectivity index (χ2v) is 3.38. The van der Waals surface area contributed by atoms with Gasteiger partial charge in [0.25, 0.3) is 0 Å². The first-order valence-electron chi connectivity index (χ1n) is 3.64. The molecule has 0 aromatic carbocycles. The Kier molecular flexibility index (Phi) is 1.84. The third-order valence-corrected chi connectivity index (χ3v) is 2.00. The highest BCUT2D eigenvalue weighted by Crippen LogP contribution is 2.22. The molecule has 0 aromatic heterocycles. The summed E-state index contributed by atoms with van der Waals surface area (Å²) in [6, 6.07) is 0.403. The van der Waals surface area contributed by atoms with Crippen LogP contribution in [0.15, 0.2) is 12.7 Å². The Balaban J connectivity index is 2.32. The zero-order valence-electron chi connectivity index (χ0n) is 6.67. The van der Waals surface area contributed by atoms with Crippen molar-refractivity contribution in [3.05, 3.63) is 12.7 Å². The van der Waals surface area contributed by atoms with Gasteiger partial charge in [-0.25, -0.2) is 0 Å². The first kappa shape index (κ1) is 7.76. The van der Waals surface area contributed by atoms with Crippen LogP contribution in [0.2, 0.25) is 0 Å². The second kappa shape index (κ2) is 2.36. The van der Waals surface area contributed by atoms with Crippen LogP contribution >= 0.6 is 0 Å². The van der Waals surface area contributed by atoms with Crippen LogP contribution in [0.5, 0.6) is 0 Å². The van der Waals surface area contributed by atoms with Crippen LogP contribution in [0.1, 0.15) is 13.8 Å². The summed E-state index contributed by atoms with van der Waals surface area (Å²) in [6.07, 6.45) is 1.90. The molecule has 1 aliphatic heterocycles. The SMILES string of the molecule is C=CC(C)N1CC(C)(O)C1. The lowest BCUT2D eigenvalue weighted by atomic mass is 9.95. The van der Waals surface area contributed by atoms with Gasteiger partial charge in [0.2, 0.25) is 0 Å². The van der Waals surface area contributed by atoms with Gasteiger partial charge in [-0.15, -0.1) is 6.58 Å². The van der Waals surface area contributed by atoms with Crippen molar-refractivity contribution < 1.29 is 5.11 Å². The third kappa shape index (κ3) is 1.39. The fourth-order valence-corrected chi connectivity index (χ4v) is 1.27. The molecule has 1 fully saturated rings. The maximum Gasteiger partial charge on any atom is 0.0872 e. The molecule has 2 heteroatoms. The molecule has 0 aliphatic carbocycles. The first-order valence-corrected chi connectivity index (χ1v) is 3.64. The van der Waals surface area contributed by atoms with Gasteiger partial charge in [0.05, 0.1) is 5.60 Å². The molecule has 1 unspecified atom stereocenters. The summed E-state index contributed by atoms with van der Waals surface area (Å²) >= 11 is 0. The van der Waals surface area contributed by atoms with Crippen molar-refractivity contribution in [2.75, 3.05) is 13.1 Å². The maximum absolute atomic E-state index is 9.35. The molecule has 1 heterocycles. The van der Waals surface area contributed by atoms with Crippen LogP contribution in [0.25, 0.3) is 0 Å². The molecule has 0 aromatic rings. The number of nitrogens with zero attached hydrogens (tertiary/aromatic N) is 1. The highest BCUT2D eigenvalue weighted by Gasteiger charge is 2.37. The number of rotatable bonds is 2. The fourth-order valence-electron chi connectivity index (χ4n) is 1.27. The van der Waals surface area contributed by atoms with Gasteiger partial charge in [0.1, 0.15) is 0 Å². The predicted molar refractivity (Wildman–Crippen MR) is 41.9 cm³/mol. The van der Waals surface area contributed by atoms with Crippen LogP contribution in [-0.2, 0) is 0 Å². The van der Waals surface area contributed by atoms with Crippen molar-refractivity contribution in [3.63, 3.8) is 0 Å². The van der Waals surface area contributed by atoms with Gasteiger partial charge in [-0.1, -0.05) is 6.08 Å². The van der Waals surface area contributed by atoms with Gasteiger partial charge in [-0.2, -0.15) is 0 Å². The summed E-state index contributed by atoms with van der Waals surface area (Å²) in [7, 11) is 0. The molecule has 0 amide bonds. The number of β-amino-alcohol motifs (C(OH)–C–C–N with tert-alkyl or cyclic N) is 1. The van der Waals surface area contributed by atoms with Gasteiger partial charge in [0, 0.05) is 19.1 Å². The molecule has 1 atom stereocenters. The molecule has 0 spiro atoms. The molecule has 58 valence electrons. The molecule has 0 saturated carbocycles. The normalized spacial score (nSPS) is 27.1. The molecule has 0 bridgehead atoms. The zero-order chi connectivity index (χ0) is 7.78. The van der Waals surface area contributed by atoms with Crippen LogP contribution in [0.3, 0.4) is 0 Å². The minimum atomic E-state index is -0.447. The standard InChI is InChI=1S/C8H15NO/c1-4-7(2)9-5-8(3,10)6-9/h4,7,10H,1,5-6H2,2-3H3. The van der Waals surface area contributed by atoms with Gasteiger partial charge in [-0.05, 0) is 13.8 Å². The highest BCUT2D eigenvalue weighted by atomic mass is 16.3. The van der Waals surface area contributed by atoms with Crippen molar-refractivity contribution >= 4 is 0 Å². The van der Waals surface area contributed by atoms with E-state index >= 15 is 0 Å². The molecule has 10 heavy (non-hydrogen) atoms. The van der Waals surface area contributed by atoms with Crippen molar-refractivity contribution in [3.8, 4) is 0 Å². The summed E-state index contributed by atoms with van der Waals surface area (Å²) in [6.45, 7) is 9.19. The Morgan fingerprint density at radius 3 is 2.50 bits per heavy atom. The number of hydrogen-bond acceptors (Lipinski definition) is 2. The van der Waals surface area contributed by atoms with Gasteiger partial charge >= 0.3 is 0 Å². The van der Waals surface area contributed by atoms with Crippen LogP contribution in [0.4, 0.5) is 0 Å². The fraction of sp³-hybridized carbons (Fsp3) is 0.750. The third-order valence-electron chi connectivity index (χ3n) is 2.00. The predicted octanol–water partition coefficient (Wildman–Crippen LogP) is 0.627. The van der Waals surface area contributed by atoms with E-state index in [4.69, 9.17) is 0 Å². The molecule has 2 nitrogen and oxygen atoms in total. The minimum Gasteiger partial charge on any atom is -0.388 e. The summed E-state index contributed by atoms with van der Waals surface area (Å²) in [5.74, 6) is 0.